The lowest BCUT2D eigenvalue weighted by Crippen LogP contribution is -2.30. The molecule has 0 amide bonds. The molecular formula is C65H104O6. The fourth-order valence-corrected chi connectivity index (χ4v) is 7.37. The second-order valence-corrected chi connectivity index (χ2v) is 18.4. The molecule has 1 atom stereocenters. The molecule has 0 aliphatic rings. The molecule has 0 aromatic heterocycles. The fourth-order valence-electron chi connectivity index (χ4n) is 7.37. The first-order chi connectivity index (χ1) is 35.0. The van der Waals surface area contributed by atoms with E-state index in [1.807, 2.05) is 0 Å². The largest absolute Gasteiger partial charge is 0.462 e. The van der Waals surface area contributed by atoms with Crippen molar-refractivity contribution in [1.82, 2.24) is 0 Å². The minimum atomic E-state index is -0.809. The Balaban J connectivity index is 4.46. The highest BCUT2D eigenvalue weighted by atomic mass is 16.6. The van der Waals surface area contributed by atoms with Crippen LogP contribution in [0.1, 0.15) is 239 Å². The van der Waals surface area contributed by atoms with Crippen molar-refractivity contribution >= 4 is 17.9 Å². The maximum absolute atomic E-state index is 12.8. The van der Waals surface area contributed by atoms with Crippen molar-refractivity contribution < 1.29 is 28.6 Å². The van der Waals surface area contributed by atoms with Gasteiger partial charge in [-0.25, -0.2) is 0 Å². The maximum Gasteiger partial charge on any atom is 0.306 e. The summed E-state index contributed by atoms with van der Waals surface area (Å²) in [5, 5.41) is 0. The molecule has 0 spiro atoms. The molecule has 0 fully saturated rings. The lowest BCUT2D eigenvalue weighted by Gasteiger charge is -2.18. The lowest BCUT2D eigenvalue weighted by atomic mass is 10.1. The van der Waals surface area contributed by atoms with Gasteiger partial charge in [0, 0.05) is 19.3 Å². The van der Waals surface area contributed by atoms with Gasteiger partial charge in [0.2, 0.25) is 0 Å². The van der Waals surface area contributed by atoms with Crippen LogP contribution in [-0.2, 0) is 28.6 Å². The summed E-state index contributed by atoms with van der Waals surface area (Å²) in [6, 6.07) is 0. The summed E-state index contributed by atoms with van der Waals surface area (Å²) < 4.78 is 16.8. The van der Waals surface area contributed by atoms with Gasteiger partial charge in [-0.3, -0.25) is 14.4 Å². The van der Waals surface area contributed by atoms with Gasteiger partial charge in [-0.2, -0.15) is 0 Å². The van der Waals surface area contributed by atoms with Crippen LogP contribution in [0.2, 0.25) is 0 Å². The van der Waals surface area contributed by atoms with Gasteiger partial charge in [0.05, 0.1) is 0 Å². The van der Waals surface area contributed by atoms with Crippen LogP contribution in [0.15, 0.2) is 134 Å². The number of hydrogen-bond acceptors (Lipinski definition) is 6. The molecule has 0 saturated heterocycles. The van der Waals surface area contributed by atoms with Crippen LogP contribution in [0.25, 0.3) is 0 Å². The average Bonchev–Trinajstić information content (AvgIpc) is 3.37. The quantitative estimate of drug-likeness (QED) is 0.0262. The number of ether oxygens (including phenoxy) is 3. The predicted octanol–water partition coefficient (Wildman–Crippen LogP) is 19.4. The number of rotatable bonds is 50. The highest BCUT2D eigenvalue weighted by Gasteiger charge is 2.19. The molecule has 1 unspecified atom stereocenters. The zero-order valence-electron chi connectivity index (χ0n) is 45.7. The molecule has 0 N–H and O–H groups in total. The number of esters is 3. The second-order valence-electron chi connectivity index (χ2n) is 18.4. The number of unbranched alkanes of at least 4 members (excludes halogenated alkanes) is 17. The summed E-state index contributed by atoms with van der Waals surface area (Å²) in [7, 11) is 0. The van der Waals surface area contributed by atoms with E-state index < -0.39 is 6.10 Å². The summed E-state index contributed by atoms with van der Waals surface area (Å²) in [5.41, 5.74) is 0. The molecular weight excluding hydrogens is 877 g/mol. The highest BCUT2D eigenvalue weighted by molar-refractivity contribution is 5.71. The summed E-state index contributed by atoms with van der Waals surface area (Å²) in [6.07, 6.45) is 81.5. The molecule has 71 heavy (non-hydrogen) atoms. The topological polar surface area (TPSA) is 78.9 Å². The third-order valence-electron chi connectivity index (χ3n) is 11.6. The van der Waals surface area contributed by atoms with E-state index in [-0.39, 0.29) is 31.1 Å². The van der Waals surface area contributed by atoms with Crippen molar-refractivity contribution in [2.75, 3.05) is 13.2 Å². The molecule has 6 heteroatoms. The molecule has 0 aliphatic heterocycles. The molecule has 0 saturated carbocycles. The Labute approximate surface area is 436 Å². The molecule has 6 nitrogen and oxygen atoms in total. The molecule has 0 radical (unpaired) electrons. The van der Waals surface area contributed by atoms with E-state index in [1.54, 1.807) is 0 Å². The van der Waals surface area contributed by atoms with Gasteiger partial charge in [-0.05, 0) is 135 Å². The first-order valence-electron chi connectivity index (χ1n) is 28.7. The Morgan fingerprint density at radius 2 is 0.549 bits per heavy atom. The maximum atomic E-state index is 12.8. The van der Waals surface area contributed by atoms with Gasteiger partial charge in [0.15, 0.2) is 6.10 Å². The minimum absolute atomic E-state index is 0.104. The standard InChI is InChI=1S/C65H104O6/c1-4-7-10-13-16-19-22-25-27-28-29-30-31-32-33-34-35-36-38-40-43-46-49-52-55-58-64(67)70-61-62(60-69-63(66)57-54-51-48-45-42-39-24-21-18-15-12-9-6-3)71-65(68)59-56-53-50-47-44-41-37-26-23-20-17-14-11-8-5-2/h7-8,10-11,16-17,19-21,24-27,29-30,32-33,35-37,40,43,62H,4-6,9,12-15,18,22-23,28,31,34,38-39,41-42,44-61H2,1-3H3/b10-7-,11-8-,19-16-,20-17-,24-21-,27-25-,30-29-,33-32-,36-35-,37-26-,43-40-. The van der Waals surface area contributed by atoms with Crippen LogP contribution in [-0.4, -0.2) is 37.2 Å². The molecule has 0 aromatic carbocycles. The van der Waals surface area contributed by atoms with Crippen LogP contribution in [0, 0.1) is 0 Å². The van der Waals surface area contributed by atoms with Gasteiger partial charge in [-0.1, -0.05) is 219 Å². The fraction of sp³-hybridized carbons (Fsp3) is 0.615. The van der Waals surface area contributed by atoms with Crippen molar-refractivity contribution in [3.63, 3.8) is 0 Å². The van der Waals surface area contributed by atoms with E-state index in [0.29, 0.717) is 19.3 Å². The van der Waals surface area contributed by atoms with Crippen molar-refractivity contribution in [3.8, 4) is 0 Å². The smallest absolute Gasteiger partial charge is 0.306 e. The van der Waals surface area contributed by atoms with Gasteiger partial charge >= 0.3 is 17.9 Å². The van der Waals surface area contributed by atoms with E-state index >= 15 is 0 Å². The molecule has 400 valence electrons. The van der Waals surface area contributed by atoms with Crippen LogP contribution < -0.4 is 0 Å². The molecule has 0 rings (SSSR count). The normalized spacial score (nSPS) is 13.1. The monoisotopic (exact) mass is 981 g/mol. The van der Waals surface area contributed by atoms with E-state index in [0.717, 1.165) is 161 Å². The first-order valence-corrected chi connectivity index (χ1v) is 28.7. The second kappa shape index (κ2) is 58.1. The Hall–Kier alpha value is -4.45. The van der Waals surface area contributed by atoms with Crippen LogP contribution >= 0.6 is 0 Å². The Morgan fingerprint density at radius 1 is 0.296 bits per heavy atom. The Bertz CT molecular complexity index is 1550. The van der Waals surface area contributed by atoms with Gasteiger partial charge in [0.25, 0.3) is 0 Å². The van der Waals surface area contributed by atoms with Crippen LogP contribution in [0.4, 0.5) is 0 Å². The summed E-state index contributed by atoms with van der Waals surface area (Å²) in [5.74, 6) is -0.969. The van der Waals surface area contributed by atoms with E-state index in [4.69, 9.17) is 14.2 Å². The van der Waals surface area contributed by atoms with Crippen LogP contribution in [0.5, 0.6) is 0 Å². The minimum Gasteiger partial charge on any atom is -0.462 e. The van der Waals surface area contributed by atoms with Gasteiger partial charge in [-0.15, -0.1) is 0 Å². The van der Waals surface area contributed by atoms with Crippen molar-refractivity contribution in [2.45, 2.75) is 245 Å². The molecule has 0 aromatic rings. The van der Waals surface area contributed by atoms with E-state index in [2.05, 4.69) is 154 Å². The Kier molecular flexibility index (Phi) is 54.5. The number of allylic oxidation sites excluding steroid dienone is 22. The number of carbonyl (C=O) groups excluding carboxylic acids is 3. The van der Waals surface area contributed by atoms with Gasteiger partial charge in [0.1, 0.15) is 13.2 Å². The lowest BCUT2D eigenvalue weighted by molar-refractivity contribution is -0.167. The number of hydrogen-bond donors (Lipinski definition) is 0. The van der Waals surface area contributed by atoms with E-state index in [1.165, 1.54) is 38.5 Å². The zero-order chi connectivity index (χ0) is 51.4. The third-order valence-corrected chi connectivity index (χ3v) is 11.6. The molecule has 0 bridgehead atoms. The predicted molar refractivity (Wildman–Crippen MR) is 306 cm³/mol. The average molecular weight is 982 g/mol. The van der Waals surface area contributed by atoms with Crippen molar-refractivity contribution in [3.05, 3.63) is 134 Å². The molecule has 0 aliphatic carbocycles. The highest BCUT2D eigenvalue weighted by Crippen LogP contribution is 2.13. The summed E-state index contributed by atoms with van der Waals surface area (Å²) in [6.45, 7) is 6.34. The Morgan fingerprint density at radius 3 is 0.887 bits per heavy atom. The van der Waals surface area contributed by atoms with Crippen LogP contribution in [0.3, 0.4) is 0 Å². The van der Waals surface area contributed by atoms with Crippen molar-refractivity contribution in [2.24, 2.45) is 0 Å². The third kappa shape index (κ3) is 56.3. The SMILES string of the molecule is CC/C=C\C/C=C\C/C=C\C/C=C\C/C=C\C/C=C\C/C=C\CCCCCC(=O)OCC(COC(=O)CCCCCCC/C=C\CCCCCC)OC(=O)CCCCCCC/C=C\C/C=C\C/C=C\CC. The summed E-state index contributed by atoms with van der Waals surface area (Å²) in [4.78, 5) is 38.1. The van der Waals surface area contributed by atoms with E-state index in [9.17, 15) is 14.4 Å². The molecule has 0 heterocycles. The zero-order valence-corrected chi connectivity index (χ0v) is 45.7. The number of carbonyl (C=O) groups is 3. The van der Waals surface area contributed by atoms with Gasteiger partial charge < -0.3 is 14.2 Å². The van der Waals surface area contributed by atoms with Crippen molar-refractivity contribution in [1.29, 1.82) is 0 Å². The first kappa shape index (κ1) is 66.6. The summed E-state index contributed by atoms with van der Waals surface area (Å²) >= 11 is 0.